The summed E-state index contributed by atoms with van der Waals surface area (Å²) in [6, 6.07) is 3.86. The molecule has 0 amide bonds. The first kappa shape index (κ1) is 12.4. The minimum atomic E-state index is -0.308. The molecule has 1 saturated heterocycles. The molecule has 1 aromatic rings. The summed E-state index contributed by atoms with van der Waals surface area (Å²) in [4.78, 5) is 1.15. The van der Waals surface area contributed by atoms with Crippen molar-refractivity contribution in [2.24, 2.45) is 0 Å². The summed E-state index contributed by atoms with van der Waals surface area (Å²) in [6.07, 6.45) is 4.85. The Labute approximate surface area is 105 Å². The Kier molecular flexibility index (Phi) is 4.65. The lowest BCUT2D eigenvalue weighted by molar-refractivity contribution is -0.0146. The molecule has 2 heterocycles. The van der Waals surface area contributed by atoms with Crippen LogP contribution in [0.15, 0.2) is 12.1 Å². The van der Waals surface area contributed by atoms with Gasteiger partial charge in [-0.3, -0.25) is 0 Å². The zero-order valence-corrected chi connectivity index (χ0v) is 10.8. The lowest BCUT2D eigenvalue weighted by Gasteiger charge is -2.24. The van der Waals surface area contributed by atoms with E-state index >= 15 is 0 Å². The second kappa shape index (κ2) is 6.01. The molecular weight excluding hydrogens is 244 g/mol. The molecule has 0 radical (unpaired) electrons. The maximum Gasteiger partial charge on any atom is 0.0931 e. The monoisotopic (exact) mass is 260 g/mol. The number of hydrogen-bond donors (Lipinski definition) is 1. The first-order valence-corrected chi connectivity index (χ1v) is 6.97. The van der Waals surface area contributed by atoms with Gasteiger partial charge in [-0.1, -0.05) is 11.6 Å². The molecule has 90 valence electrons. The molecule has 0 aliphatic carbocycles. The van der Waals surface area contributed by atoms with Crippen LogP contribution in [0.3, 0.4) is 0 Å². The standard InChI is InChI=1S/C12H17ClO2S/c13-12-5-4-11(16-12)8-9(14)7-10-3-1-2-6-15-10/h4-5,9-10,14H,1-3,6-8H2. The van der Waals surface area contributed by atoms with Crippen LogP contribution >= 0.6 is 22.9 Å². The molecule has 1 aliphatic heterocycles. The van der Waals surface area contributed by atoms with Gasteiger partial charge in [0, 0.05) is 17.9 Å². The number of aliphatic hydroxyl groups is 1. The quantitative estimate of drug-likeness (QED) is 0.901. The number of aliphatic hydroxyl groups excluding tert-OH is 1. The van der Waals surface area contributed by atoms with E-state index in [-0.39, 0.29) is 12.2 Å². The highest BCUT2D eigenvalue weighted by Gasteiger charge is 2.18. The smallest absolute Gasteiger partial charge is 0.0931 e. The van der Waals surface area contributed by atoms with Crippen molar-refractivity contribution in [2.45, 2.75) is 44.3 Å². The minimum absolute atomic E-state index is 0.249. The molecule has 2 atom stereocenters. The van der Waals surface area contributed by atoms with Gasteiger partial charge in [-0.05, 0) is 37.8 Å². The third kappa shape index (κ3) is 3.74. The third-order valence-corrected chi connectivity index (χ3v) is 4.13. The molecule has 1 aliphatic rings. The Morgan fingerprint density at radius 1 is 1.50 bits per heavy atom. The first-order valence-electron chi connectivity index (χ1n) is 5.78. The van der Waals surface area contributed by atoms with E-state index in [1.54, 1.807) is 11.3 Å². The Morgan fingerprint density at radius 3 is 3.00 bits per heavy atom. The molecule has 1 N–H and O–H groups in total. The van der Waals surface area contributed by atoms with Crippen LogP contribution in [0.4, 0.5) is 0 Å². The Morgan fingerprint density at radius 2 is 2.38 bits per heavy atom. The topological polar surface area (TPSA) is 29.5 Å². The molecule has 2 rings (SSSR count). The minimum Gasteiger partial charge on any atom is -0.393 e. The molecule has 16 heavy (non-hydrogen) atoms. The van der Waals surface area contributed by atoms with E-state index in [2.05, 4.69) is 0 Å². The lowest BCUT2D eigenvalue weighted by Crippen LogP contribution is -2.25. The van der Waals surface area contributed by atoms with Crippen LogP contribution in [0.5, 0.6) is 0 Å². The molecule has 2 unspecified atom stereocenters. The highest BCUT2D eigenvalue weighted by Crippen LogP contribution is 2.24. The number of hydrogen-bond acceptors (Lipinski definition) is 3. The van der Waals surface area contributed by atoms with Crippen molar-refractivity contribution in [3.8, 4) is 0 Å². The third-order valence-electron chi connectivity index (χ3n) is 2.87. The van der Waals surface area contributed by atoms with Gasteiger partial charge in [0.25, 0.3) is 0 Å². The fraction of sp³-hybridized carbons (Fsp3) is 0.667. The van der Waals surface area contributed by atoms with Gasteiger partial charge in [-0.2, -0.15) is 0 Å². The zero-order valence-electron chi connectivity index (χ0n) is 9.19. The predicted molar refractivity (Wildman–Crippen MR) is 67.2 cm³/mol. The largest absolute Gasteiger partial charge is 0.393 e. The van der Waals surface area contributed by atoms with Crippen LogP contribution in [0.1, 0.15) is 30.6 Å². The SMILES string of the molecule is OC(Cc1ccc(Cl)s1)CC1CCCCO1. The molecule has 4 heteroatoms. The van der Waals surface area contributed by atoms with E-state index in [4.69, 9.17) is 16.3 Å². The molecule has 1 aromatic heterocycles. The van der Waals surface area contributed by atoms with E-state index in [1.165, 1.54) is 6.42 Å². The van der Waals surface area contributed by atoms with Gasteiger partial charge < -0.3 is 9.84 Å². The average molecular weight is 261 g/mol. The van der Waals surface area contributed by atoms with Crippen molar-refractivity contribution in [3.63, 3.8) is 0 Å². The molecule has 1 fully saturated rings. The normalized spacial score (nSPS) is 23.2. The molecule has 0 bridgehead atoms. The highest BCUT2D eigenvalue weighted by molar-refractivity contribution is 7.16. The zero-order chi connectivity index (χ0) is 11.4. The molecule has 0 aromatic carbocycles. The van der Waals surface area contributed by atoms with Crippen molar-refractivity contribution in [1.82, 2.24) is 0 Å². The lowest BCUT2D eigenvalue weighted by atomic mass is 10.0. The van der Waals surface area contributed by atoms with Crippen molar-refractivity contribution >= 4 is 22.9 Å². The van der Waals surface area contributed by atoms with Crippen LogP contribution in [0, 0.1) is 0 Å². The van der Waals surface area contributed by atoms with E-state index in [0.29, 0.717) is 6.42 Å². The molecular formula is C12H17ClO2S. The Balaban J connectivity index is 1.77. The number of halogens is 1. The van der Waals surface area contributed by atoms with Gasteiger partial charge in [-0.25, -0.2) is 0 Å². The van der Waals surface area contributed by atoms with Crippen LogP contribution in [0.2, 0.25) is 4.34 Å². The summed E-state index contributed by atoms with van der Waals surface area (Å²) in [5.74, 6) is 0. The summed E-state index contributed by atoms with van der Waals surface area (Å²) in [7, 11) is 0. The van der Waals surface area contributed by atoms with E-state index in [9.17, 15) is 5.11 Å². The highest BCUT2D eigenvalue weighted by atomic mass is 35.5. The van der Waals surface area contributed by atoms with Gasteiger partial charge in [0.2, 0.25) is 0 Å². The Hall–Kier alpha value is -0.0900. The second-order valence-electron chi connectivity index (χ2n) is 4.29. The summed E-state index contributed by atoms with van der Waals surface area (Å²) >= 11 is 7.39. The van der Waals surface area contributed by atoms with Crippen LogP contribution < -0.4 is 0 Å². The number of thiophene rings is 1. The summed E-state index contributed by atoms with van der Waals surface area (Å²) in [6.45, 7) is 0.849. The number of ether oxygens (including phenoxy) is 1. The molecule has 0 saturated carbocycles. The number of rotatable bonds is 4. The van der Waals surface area contributed by atoms with Gasteiger partial charge in [0.1, 0.15) is 0 Å². The van der Waals surface area contributed by atoms with Gasteiger partial charge >= 0.3 is 0 Å². The van der Waals surface area contributed by atoms with E-state index in [0.717, 1.165) is 35.1 Å². The maximum absolute atomic E-state index is 9.95. The van der Waals surface area contributed by atoms with Crippen molar-refractivity contribution in [1.29, 1.82) is 0 Å². The van der Waals surface area contributed by atoms with Gasteiger partial charge in [0.05, 0.1) is 16.5 Å². The summed E-state index contributed by atoms with van der Waals surface area (Å²) in [5, 5.41) is 9.95. The summed E-state index contributed by atoms with van der Waals surface area (Å²) in [5.41, 5.74) is 0. The van der Waals surface area contributed by atoms with Crippen molar-refractivity contribution in [2.75, 3.05) is 6.61 Å². The second-order valence-corrected chi connectivity index (χ2v) is 6.09. The fourth-order valence-electron chi connectivity index (χ4n) is 2.07. The van der Waals surface area contributed by atoms with Crippen molar-refractivity contribution < 1.29 is 9.84 Å². The van der Waals surface area contributed by atoms with Crippen LogP contribution in [0.25, 0.3) is 0 Å². The van der Waals surface area contributed by atoms with Crippen LogP contribution in [-0.4, -0.2) is 23.9 Å². The van der Waals surface area contributed by atoms with Crippen molar-refractivity contribution in [3.05, 3.63) is 21.3 Å². The first-order chi connectivity index (χ1) is 7.74. The molecule has 2 nitrogen and oxygen atoms in total. The fourth-order valence-corrected chi connectivity index (χ4v) is 3.23. The van der Waals surface area contributed by atoms with Gasteiger partial charge in [-0.15, -0.1) is 11.3 Å². The van der Waals surface area contributed by atoms with E-state index < -0.39 is 0 Å². The average Bonchev–Trinajstić information content (AvgIpc) is 2.65. The van der Waals surface area contributed by atoms with Gasteiger partial charge in [0.15, 0.2) is 0 Å². The maximum atomic E-state index is 9.95. The predicted octanol–water partition coefficient (Wildman–Crippen LogP) is 3.26. The van der Waals surface area contributed by atoms with E-state index in [1.807, 2.05) is 12.1 Å². The Bertz CT molecular complexity index is 321. The molecule has 0 spiro atoms. The van der Waals surface area contributed by atoms with Crippen LogP contribution in [-0.2, 0) is 11.2 Å². The summed E-state index contributed by atoms with van der Waals surface area (Å²) < 4.78 is 6.40.